The van der Waals surface area contributed by atoms with Crippen molar-refractivity contribution < 1.29 is 18.7 Å². The third-order valence-corrected chi connectivity index (χ3v) is 3.01. The molecule has 0 aliphatic rings. The van der Waals surface area contributed by atoms with Gasteiger partial charge in [0, 0.05) is 0 Å². The lowest BCUT2D eigenvalue weighted by Gasteiger charge is -2.03. The van der Waals surface area contributed by atoms with Gasteiger partial charge < -0.3 is 14.5 Å². The van der Waals surface area contributed by atoms with Crippen molar-refractivity contribution in [2.45, 2.75) is 6.54 Å². The van der Waals surface area contributed by atoms with Crippen molar-refractivity contribution in [3.05, 3.63) is 65.1 Å². The van der Waals surface area contributed by atoms with Gasteiger partial charge in [0.15, 0.2) is 0 Å². The van der Waals surface area contributed by atoms with Gasteiger partial charge in [-0.2, -0.15) is 5.26 Å². The minimum atomic E-state index is -0.499. The molecule has 1 aromatic carbocycles. The zero-order valence-electron chi connectivity index (χ0n) is 12.4. The fourth-order valence-electron chi connectivity index (χ4n) is 1.82. The fourth-order valence-corrected chi connectivity index (χ4v) is 1.82. The number of carbonyl (C=O) groups excluding carboxylic acids is 2. The molecule has 0 saturated heterocycles. The zero-order chi connectivity index (χ0) is 16.7. The Labute approximate surface area is 133 Å². The van der Waals surface area contributed by atoms with E-state index in [4.69, 9.17) is 9.68 Å². The molecule has 0 unspecified atom stereocenters. The van der Waals surface area contributed by atoms with E-state index < -0.39 is 11.9 Å². The number of nitrogens with one attached hydrogen (secondary N) is 1. The summed E-state index contributed by atoms with van der Waals surface area (Å²) < 4.78 is 9.71. The predicted molar refractivity (Wildman–Crippen MR) is 81.9 cm³/mol. The molecule has 1 heterocycles. The quantitative estimate of drug-likeness (QED) is 0.519. The molecule has 0 aliphatic carbocycles. The lowest BCUT2D eigenvalue weighted by molar-refractivity contribution is -0.117. The summed E-state index contributed by atoms with van der Waals surface area (Å²) in [5.41, 5.74) is 0.982. The second kappa shape index (κ2) is 7.61. The van der Waals surface area contributed by atoms with E-state index in [-0.39, 0.29) is 12.1 Å². The SMILES string of the molecule is COC(=O)c1ccc(/C=C(/C#N)C(=O)NCc2ccco2)cc1. The molecule has 0 fully saturated rings. The third kappa shape index (κ3) is 4.32. The monoisotopic (exact) mass is 310 g/mol. The molecular formula is C17H14N2O4. The maximum Gasteiger partial charge on any atom is 0.337 e. The van der Waals surface area contributed by atoms with Crippen molar-refractivity contribution in [3.8, 4) is 6.07 Å². The van der Waals surface area contributed by atoms with Gasteiger partial charge in [-0.3, -0.25) is 4.79 Å². The van der Waals surface area contributed by atoms with E-state index in [1.165, 1.54) is 19.4 Å². The Kier molecular flexibility index (Phi) is 5.31. The number of benzene rings is 1. The van der Waals surface area contributed by atoms with Crippen LogP contribution in [0.4, 0.5) is 0 Å². The number of rotatable bonds is 5. The number of esters is 1. The predicted octanol–water partition coefficient (Wildman–Crippen LogP) is 2.29. The number of hydrogen-bond acceptors (Lipinski definition) is 5. The number of ether oxygens (including phenoxy) is 1. The minimum absolute atomic E-state index is 0.0395. The molecule has 1 aromatic heterocycles. The highest BCUT2D eigenvalue weighted by atomic mass is 16.5. The van der Waals surface area contributed by atoms with Gasteiger partial charge in [-0.25, -0.2) is 4.79 Å². The summed E-state index contributed by atoms with van der Waals surface area (Å²) in [5.74, 6) is -0.351. The van der Waals surface area contributed by atoms with Crippen LogP contribution >= 0.6 is 0 Å². The van der Waals surface area contributed by atoms with E-state index in [1.54, 1.807) is 36.4 Å². The lowest BCUT2D eigenvalue weighted by atomic mass is 10.1. The summed E-state index contributed by atoms with van der Waals surface area (Å²) in [6.45, 7) is 0.201. The van der Waals surface area contributed by atoms with Gasteiger partial charge in [-0.15, -0.1) is 0 Å². The average molecular weight is 310 g/mol. The average Bonchev–Trinajstić information content (AvgIpc) is 3.11. The number of methoxy groups -OCH3 is 1. The van der Waals surface area contributed by atoms with Crippen molar-refractivity contribution in [1.29, 1.82) is 5.26 Å². The van der Waals surface area contributed by atoms with E-state index in [9.17, 15) is 9.59 Å². The first-order chi connectivity index (χ1) is 11.1. The number of furan rings is 1. The molecule has 0 aliphatic heterocycles. The van der Waals surface area contributed by atoms with Crippen molar-refractivity contribution >= 4 is 18.0 Å². The smallest absolute Gasteiger partial charge is 0.337 e. The van der Waals surface area contributed by atoms with Gasteiger partial charge in [0.2, 0.25) is 0 Å². The van der Waals surface area contributed by atoms with Crippen LogP contribution in [0, 0.1) is 11.3 Å². The Morgan fingerprint density at radius 3 is 2.61 bits per heavy atom. The maximum atomic E-state index is 12.0. The van der Waals surface area contributed by atoms with E-state index in [0.29, 0.717) is 16.9 Å². The molecule has 2 aromatic rings. The Bertz CT molecular complexity index is 753. The van der Waals surface area contributed by atoms with E-state index in [1.807, 2.05) is 6.07 Å². The summed E-state index contributed by atoms with van der Waals surface area (Å²) in [4.78, 5) is 23.3. The Hall–Kier alpha value is -3.33. The van der Waals surface area contributed by atoms with Gasteiger partial charge in [0.1, 0.15) is 17.4 Å². The molecule has 0 radical (unpaired) electrons. The standard InChI is InChI=1S/C17H14N2O4/c1-22-17(21)13-6-4-12(5-7-13)9-14(10-18)16(20)19-11-15-3-2-8-23-15/h2-9H,11H2,1H3,(H,19,20)/b14-9-. The molecule has 6 nitrogen and oxygen atoms in total. The van der Waals surface area contributed by atoms with E-state index in [2.05, 4.69) is 10.1 Å². The van der Waals surface area contributed by atoms with E-state index >= 15 is 0 Å². The molecule has 0 saturated carbocycles. The van der Waals surface area contributed by atoms with E-state index in [0.717, 1.165) is 0 Å². The molecule has 2 rings (SSSR count). The number of nitrogens with zero attached hydrogens (tertiary/aromatic N) is 1. The highest BCUT2D eigenvalue weighted by molar-refractivity contribution is 6.01. The van der Waals surface area contributed by atoms with Gasteiger partial charge in [0.05, 0.1) is 25.5 Å². The molecule has 1 N–H and O–H groups in total. The van der Waals surface area contributed by atoms with Crippen molar-refractivity contribution in [1.82, 2.24) is 5.32 Å². The van der Waals surface area contributed by atoms with Crippen LogP contribution < -0.4 is 5.32 Å². The maximum absolute atomic E-state index is 12.0. The topological polar surface area (TPSA) is 92.3 Å². The molecule has 0 bridgehead atoms. The van der Waals surface area contributed by atoms with Crippen LogP contribution in [-0.2, 0) is 16.1 Å². The summed E-state index contributed by atoms with van der Waals surface area (Å²) in [5, 5.41) is 11.7. The first kappa shape index (κ1) is 16.0. The van der Waals surface area contributed by atoms with Crippen LogP contribution in [-0.4, -0.2) is 19.0 Å². The second-order valence-electron chi connectivity index (χ2n) is 4.55. The summed E-state index contributed by atoms with van der Waals surface area (Å²) in [6.07, 6.45) is 2.95. The lowest BCUT2D eigenvalue weighted by Crippen LogP contribution is -2.23. The highest BCUT2D eigenvalue weighted by Gasteiger charge is 2.10. The Morgan fingerprint density at radius 2 is 2.04 bits per heavy atom. The molecule has 0 atom stereocenters. The Balaban J connectivity index is 2.07. The largest absolute Gasteiger partial charge is 0.467 e. The molecule has 23 heavy (non-hydrogen) atoms. The molecule has 1 amide bonds. The van der Waals surface area contributed by atoms with Gasteiger partial charge in [0.25, 0.3) is 5.91 Å². The van der Waals surface area contributed by atoms with Crippen LogP contribution in [0.15, 0.2) is 52.7 Å². The van der Waals surface area contributed by atoms with Crippen LogP contribution in [0.25, 0.3) is 6.08 Å². The van der Waals surface area contributed by atoms with Crippen molar-refractivity contribution in [2.24, 2.45) is 0 Å². The molecular weight excluding hydrogens is 296 g/mol. The van der Waals surface area contributed by atoms with Gasteiger partial charge in [-0.1, -0.05) is 12.1 Å². The minimum Gasteiger partial charge on any atom is -0.467 e. The zero-order valence-corrected chi connectivity index (χ0v) is 12.4. The van der Waals surface area contributed by atoms with Crippen LogP contribution in [0.3, 0.4) is 0 Å². The summed E-state index contributed by atoms with van der Waals surface area (Å²) >= 11 is 0. The second-order valence-corrected chi connectivity index (χ2v) is 4.55. The number of nitriles is 1. The first-order valence-corrected chi connectivity index (χ1v) is 6.75. The summed E-state index contributed by atoms with van der Waals surface area (Å²) in [6, 6.07) is 11.7. The van der Waals surface area contributed by atoms with Crippen LogP contribution in [0.1, 0.15) is 21.7 Å². The molecule has 6 heteroatoms. The molecule has 0 spiro atoms. The number of carbonyl (C=O) groups is 2. The fraction of sp³-hybridized carbons (Fsp3) is 0.118. The number of amides is 1. The van der Waals surface area contributed by atoms with Gasteiger partial charge >= 0.3 is 5.97 Å². The van der Waals surface area contributed by atoms with Gasteiger partial charge in [-0.05, 0) is 35.9 Å². The van der Waals surface area contributed by atoms with Crippen molar-refractivity contribution in [2.75, 3.05) is 7.11 Å². The van der Waals surface area contributed by atoms with Crippen LogP contribution in [0.5, 0.6) is 0 Å². The van der Waals surface area contributed by atoms with Crippen molar-refractivity contribution in [3.63, 3.8) is 0 Å². The van der Waals surface area contributed by atoms with Crippen LogP contribution in [0.2, 0.25) is 0 Å². The normalized spacial score (nSPS) is 10.7. The molecule has 116 valence electrons. The Morgan fingerprint density at radius 1 is 1.30 bits per heavy atom. The summed E-state index contributed by atoms with van der Waals surface area (Å²) in [7, 11) is 1.30. The highest BCUT2D eigenvalue weighted by Crippen LogP contribution is 2.10. The third-order valence-electron chi connectivity index (χ3n) is 3.01. The first-order valence-electron chi connectivity index (χ1n) is 6.75. The number of hydrogen-bond donors (Lipinski definition) is 1.